The molecule has 0 spiro atoms. The average Bonchev–Trinajstić information content (AvgIpc) is 2.87. The van der Waals surface area contributed by atoms with Crippen molar-refractivity contribution < 1.29 is 19.7 Å². The molecule has 0 aliphatic carbocycles. The number of ether oxygens (including phenoxy) is 1. The predicted octanol–water partition coefficient (Wildman–Crippen LogP) is 2.69. The Labute approximate surface area is 109 Å². The highest BCUT2D eigenvalue weighted by atomic mass is 16.5. The topological polar surface area (TPSA) is 66.8 Å². The molecule has 1 aliphatic rings. The van der Waals surface area contributed by atoms with Crippen LogP contribution in [0, 0.1) is 0 Å². The van der Waals surface area contributed by atoms with E-state index in [2.05, 4.69) is 0 Å². The maximum atomic E-state index is 11.0. The zero-order chi connectivity index (χ0) is 13.4. The van der Waals surface area contributed by atoms with E-state index in [4.69, 9.17) is 9.84 Å². The van der Waals surface area contributed by atoms with E-state index in [1.54, 1.807) is 6.07 Å². The fourth-order valence-electron chi connectivity index (χ4n) is 2.32. The first-order valence-electron chi connectivity index (χ1n) is 5.98. The molecule has 2 aromatic rings. The van der Waals surface area contributed by atoms with Gasteiger partial charge >= 0.3 is 5.97 Å². The number of para-hydroxylation sites is 1. The smallest absolute Gasteiger partial charge is 0.339 e. The fourth-order valence-corrected chi connectivity index (χ4v) is 2.32. The minimum absolute atomic E-state index is 0.104. The number of carboxylic acid groups (broad SMARTS) is 1. The molecule has 2 N–H and O–H groups in total. The highest BCUT2D eigenvalue weighted by Crippen LogP contribution is 2.37. The first-order valence-corrected chi connectivity index (χ1v) is 5.98. The molecule has 4 nitrogen and oxygen atoms in total. The molecular weight excluding hydrogens is 244 g/mol. The van der Waals surface area contributed by atoms with Crippen LogP contribution in [0.2, 0.25) is 0 Å². The first kappa shape index (κ1) is 11.6. The number of carboxylic acids is 1. The second-order valence-electron chi connectivity index (χ2n) is 4.43. The number of aromatic hydroxyl groups is 1. The van der Waals surface area contributed by atoms with Crippen LogP contribution in [0.4, 0.5) is 0 Å². The van der Waals surface area contributed by atoms with Gasteiger partial charge in [-0.2, -0.15) is 0 Å². The second kappa shape index (κ2) is 4.31. The van der Waals surface area contributed by atoms with Crippen molar-refractivity contribution in [2.75, 3.05) is 6.61 Å². The molecule has 0 amide bonds. The molecule has 0 atom stereocenters. The van der Waals surface area contributed by atoms with Crippen molar-refractivity contribution in [3.8, 4) is 22.6 Å². The summed E-state index contributed by atoms with van der Waals surface area (Å²) >= 11 is 0. The van der Waals surface area contributed by atoms with Gasteiger partial charge in [-0.1, -0.05) is 24.3 Å². The molecule has 4 heteroatoms. The van der Waals surface area contributed by atoms with Crippen LogP contribution in [-0.2, 0) is 6.42 Å². The summed E-state index contributed by atoms with van der Waals surface area (Å²) in [4.78, 5) is 11.0. The standard InChI is InChI=1S/C15H12O4/c16-13-5-4-10(8-12(13)15(17)18)11-3-1-2-9-6-7-19-14(9)11/h1-5,8,16H,6-7H2,(H,17,18). The molecule has 96 valence electrons. The van der Waals surface area contributed by atoms with Crippen LogP contribution < -0.4 is 4.74 Å². The van der Waals surface area contributed by atoms with E-state index >= 15 is 0 Å². The zero-order valence-corrected chi connectivity index (χ0v) is 10.1. The van der Waals surface area contributed by atoms with E-state index < -0.39 is 5.97 Å². The molecule has 0 saturated carbocycles. The minimum atomic E-state index is -1.15. The van der Waals surface area contributed by atoms with Crippen LogP contribution >= 0.6 is 0 Å². The van der Waals surface area contributed by atoms with E-state index in [-0.39, 0.29) is 11.3 Å². The van der Waals surface area contributed by atoms with E-state index in [0.717, 1.165) is 28.9 Å². The summed E-state index contributed by atoms with van der Waals surface area (Å²) in [5.74, 6) is -0.567. The van der Waals surface area contributed by atoms with E-state index in [9.17, 15) is 9.90 Å². The monoisotopic (exact) mass is 256 g/mol. The molecule has 0 aromatic heterocycles. The van der Waals surface area contributed by atoms with E-state index in [1.807, 2.05) is 18.2 Å². The predicted molar refractivity (Wildman–Crippen MR) is 69.7 cm³/mol. The molecular formula is C15H12O4. The first-order chi connectivity index (χ1) is 9.16. The molecule has 1 aliphatic heterocycles. The summed E-state index contributed by atoms with van der Waals surface area (Å²) in [6, 6.07) is 10.4. The fraction of sp³-hybridized carbons (Fsp3) is 0.133. The number of hydrogen-bond acceptors (Lipinski definition) is 3. The zero-order valence-electron chi connectivity index (χ0n) is 10.1. The number of fused-ring (bicyclic) bond motifs is 1. The summed E-state index contributed by atoms with van der Waals surface area (Å²) in [6.45, 7) is 0.649. The summed E-state index contributed by atoms with van der Waals surface area (Å²) in [5, 5.41) is 18.6. The van der Waals surface area contributed by atoms with E-state index in [0.29, 0.717) is 6.61 Å². The molecule has 0 bridgehead atoms. The van der Waals surface area contributed by atoms with Crippen LogP contribution in [0.15, 0.2) is 36.4 Å². The van der Waals surface area contributed by atoms with E-state index in [1.165, 1.54) is 12.1 Å². The molecule has 3 rings (SSSR count). The van der Waals surface area contributed by atoms with Gasteiger partial charge in [-0.15, -0.1) is 0 Å². The van der Waals surface area contributed by atoms with Gasteiger partial charge in [0.25, 0.3) is 0 Å². The lowest BCUT2D eigenvalue weighted by Crippen LogP contribution is -1.97. The SMILES string of the molecule is O=C(O)c1cc(-c2cccc3c2OCC3)ccc1O. The van der Waals surface area contributed by atoms with Crippen molar-refractivity contribution in [1.82, 2.24) is 0 Å². The van der Waals surface area contributed by atoms with Gasteiger partial charge < -0.3 is 14.9 Å². The van der Waals surface area contributed by atoms with Gasteiger partial charge in [0.15, 0.2) is 0 Å². The highest BCUT2D eigenvalue weighted by Gasteiger charge is 2.18. The Balaban J connectivity index is 2.16. The van der Waals surface area contributed by atoms with Crippen molar-refractivity contribution in [3.63, 3.8) is 0 Å². The Morgan fingerprint density at radius 1 is 1.21 bits per heavy atom. The van der Waals surface area contributed by atoms with Gasteiger partial charge in [-0.25, -0.2) is 4.79 Å². The number of aromatic carboxylic acids is 1. The summed E-state index contributed by atoms with van der Waals surface area (Å²) in [6.07, 6.45) is 0.868. The number of carbonyl (C=O) groups is 1. The number of phenols is 1. The Bertz CT molecular complexity index is 661. The molecule has 0 fully saturated rings. The summed E-state index contributed by atoms with van der Waals surface area (Å²) in [7, 11) is 0. The van der Waals surface area contributed by atoms with Crippen molar-refractivity contribution in [2.45, 2.75) is 6.42 Å². The van der Waals surface area contributed by atoms with Gasteiger partial charge in [0.2, 0.25) is 0 Å². The second-order valence-corrected chi connectivity index (χ2v) is 4.43. The minimum Gasteiger partial charge on any atom is -0.507 e. The lowest BCUT2D eigenvalue weighted by molar-refractivity contribution is 0.0694. The van der Waals surface area contributed by atoms with Crippen LogP contribution in [0.25, 0.3) is 11.1 Å². The lowest BCUT2D eigenvalue weighted by atomic mass is 9.99. The normalized spacial score (nSPS) is 12.8. The third-order valence-corrected chi connectivity index (χ3v) is 3.25. The van der Waals surface area contributed by atoms with Crippen molar-refractivity contribution in [1.29, 1.82) is 0 Å². The molecule has 2 aromatic carbocycles. The third-order valence-electron chi connectivity index (χ3n) is 3.25. The van der Waals surface area contributed by atoms with Gasteiger partial charge in [-0.3, -0.25) is 0 Å². The number of rotatable bonds is 2. The Morgan fingerprint density at radius 3 is 2.84 bits per heavy atom. The summed E-state index contributed by atoms with van der Waals surface area (Å²) in [5.41, 5.74) is 2.61. The number of benzene rings is 2. The van der Waals surface area contributed by atoms with Crippen molar-refractivity contribution >= 4 is 5.97 Å². The van der Waals surface area contributed by atoms with Crippen LogP contribution in [0.1, 0.15) is 15.9 Å². The quantitative estimate of drug-likeness (QED) is 0.867. The Hall–Kier alpha value is -2.49. The highest BCUT2D eigenvalue weighted by molar-refractivity contribution is 5.93. The van der Waals surface area contributed by atoms with Crippen LogP contribution in [0.3, 0.4) is 0 Å². The van der Waals surface area contributed by atoms with Crippen molar-refractivity contribution in [3.05, 3.63) is 47.5 Å². The van der Waals surface area contributed by atoms with Gasteiger partial charge in [-0.05, 0) is 23.3 Å². The lowest BCUT2D eigenvalue weighted by Gasteiger charge is -2.09. The third kappa shape index (κ3) is 1.91. The van der Waals surface area contributed by atoms with Crippen molar-refractivity contribution in [2.24, 2.45) is 0 Å². The van der Waals surface area contributed by atoms with Gasteiger partial charge in [0, 0.05) is 12.0 Å². The molecule has 0 radical (unpaired) electrons. The molecule has 0 unspecified atom stereocenters. The molecule has 1 heterocycles. The average molecular weight is 256 g/mol. The largest absolute Gasteiger partial charge is 0.507 e. The van der Waals surface area contributed by atoms with Gasteiger partial charge in [0.05, 0.1) is 6.61 Å². The number of hydrogen-bond donors (Lipinski definition) is 2. The Morgan fingerprint density at radius 2 is 2.05 bits per heavy atom. The maximum absolute atomic E-state index is 11.0. The van der Waals surface area contributed by atoms with Gasteiger partial charge in [0.1, 0.15) is 17.1 Å². The Kier molecular flexibility index (Phi) is 2.63. The molecule has 0 saturated heterocycles. The maximum Gasteiger partial charge on any atom is 0.339 e. The summed E-state index contributed by atoms with van der Waals surface area (Å²) < 4.78 is 5.60. The van der Waals surface area contributed by atoms with Crippen LogP contribution in [0.5, 0.6) is 11.5 Å². The molecule has 19 heavy (non-hydrogen) atoms. The van der Waals surface area contributed by atoms with Crippen LogP contribution in [-0.4, -0.2) is 22.8 Å².